The summed E-state index contributed by atoms with van der Waals surface area (Å²) in [6, 6.07) is 4.24. The van der Waals surface area contributed by atoms with Crippen molar-refractivity contribution >= 4 is 17.5 Å². The fraction of sp³-hybridized carbons (Fsp3) is 0.429. The molecule has 1 aromatic rings. The minimum absolute atomic E-state index is 0.115. The smallest absolute Gasteiger partial charge is 0.249 e. The van der Waals surface area contributed by atoms with Crippen LogP contribution in [0.15, 0.2) is 18.2 Å². The van der Waals surface area contributed by atoms with Crippen molar-refractivity contribution in [3.05, 3.63) is 29.6 Å². The Morgan fingerprint density at radius 3 is 2.63 bits per heavy atom. The molecule has 5 heteroatoms. The van der Waals surface area contributed by atoms with Crippen LogP contribution in [0.1, 0.15) is 19.4 Å². The first-order chi connectivity index (χ1) is 8.91. The van der Waals surface area contributed by atoms with Crippen LogP contribution in [0.3, 0.4) is 0 Å². The molecule has 1 saturated heterocycles. The van der Waals surface area contributed by atoms with Gasteiger partial charge >= 0.3 is 0 Å². The Labute approximate surface area is 111 Å². The Hall–Kier alpha value is -1.91. The van der Waals surface area contributed by atoms with Crippen LogP contribution in [0.4, 0.5) is 10.1 Å². The van der Waals surface area contributed by atoms with Gasteiger partial charge in [0.25, 0.3) is 0 Å². The molecule has 1 fully saturated rings. The number of aryl methyl sites for hydroxylation is 1. The summed E-state index contributed by atoms with van der Waals surface area (Å²) in [6.07, 6.45) is 0. The number of carbonyl (C=O) groups excluding carboxylic acids is 2. The largest absolute Gasteiger partial charge is 0.329 e. The van der Waals surface area contributed by atoms with Gasteiger partial charge in [0.15, 0.2) is 0 Å². The molecule has 102 valence electrons. The first-order valence-corrected chi connectivity index (χ1v) is 6.26. The van der Waals surface area contributed by atoms with Crippen LogP contribution in [0.2, 0.25) is 0 Å². The molecule has 0 aromatic heterocycles. The molecule has 1 unspecified atom stereocenters. The molecular formula is C14H17FN2O2. The van der Waals surface area contributed by atoms with E-state index in [-0.39, 0.29) is 17.6 Å². The van der Waals surface area contributed by atoms with E-state index in [0.29, 0.717) is 24.3 Å². The van der Waals surface area contributed by atoms with Crippen LogP contribution in [0.25, 0.3) is 0 Å². The Balaban J connectivity index is 2.25. The number of piperazine rings is 1. The van der Waals surface area contributed by atoms with E-state index in [2.05, 4.69) is 0 Å². The molecule has 2 rings (SSSR count). The molecule has 0 aliphatic carbocycles. The topological polar surface area (TPSA) is 40.6 Å². The summed E-state index contributed by atoms with van der Waals surface area (Å²) in [5.41, 5.74) is 1.09. The van der Waals surface area contributed by atoms with E-state index >= 15 is 0 Å². The lowest BCUT2D eigenvalue weighted by atomic mass is 10.1. The maximum atomic E-state index is 13.6. The van der Waals surface area contributed by atoms with Gasteiger partial charge in [0.2, 0.25) is 11.8 Å². The highest BCUT2D eigenvalue weighted by atomic mass is 19.1. The molecule has 1 aromatic carbocycles. The number of hydrogen-bond donors (Lipinski definition) is 0. The summed E-state index contributed by atoms with van der Waals surface area (Å²) in [4.78, 5) is 26.7. The zero-order chi connectivity index (χ0) is 14.2. The third kappa shape index (κ3) is 2.45. The van der Waals surface area contributed by atoms with Crippen molar-refractivity contribution in [1.82, 2.24) is 4.90 Å². The van der Waals surface area contributed by atoms with E-state index in [9.17, 15) is 14.0 Å². The summed E-state index contributed by atoms with van der Waals surface area (Å²) in [7, 11) is 0. The van der Waals surface area contributed by atoms with Crippen LogP contribution in [-0.4, -0.2) is 35.8 Å². The zero-order valence-corrected chi connectivity index (χ0v) is 11.3. The van der Waals surface area contributed by atoms with Crippen LogP contribution in [0.5, 0.6) is 0 Å². The molecular weight excluding hydrogens is 247 g/mol. The third-order valence-electron chi connectivity index (χ3n) is 3.53. The van der Waals surface area contributed by atoms with Crippen molar-refractivity contribution in [3.63, 3.8) is 0 Å². The lowest BCUT2D eigenvalue weighted by Crippen LogP contribution is -2.57. The predicted octanol–water partition coefficient (Wildman–Crippen LogP) is 1.72. The third-order valence-corrected chi connectivity index (χ3v) is 3.53. The molecule has 1 atom stereocenters. The van der Waals surface area contributed by atoms with Gasteiger partial charge in [-0.05, 0) is 31.5 Å². The van der Waals surface area contributed by atoms with Crippen LogP contribution < -0.4 is 4.90 Å². The van der Waals surface area contributed by atoms with E-state index in [0.717, 1.165) is 0 Å². The summed E-state index contributed by atoms with van der Waals surface area (Å²) >= 11 is 0. The van der Waals surface area contributed by atoms with Crippen LogP contribution in [-0.2, 0) is 9.59 Å². The molecule has 4 nitrogen and oxygen atoms in total. The molecule has 0 N–H and O–H groups in total. The molecule has 1 aliphatic rings. The molecule has 1 heterocycles. The van der Waals surface area contributed by atoms with Gasteiger partial charge in [0.1, 0.15) is 11.9 Å². The highest BCUT2D eigenvalue weighted by molar-refractivity contribution is 5.99. The molecule has 0 spiro atoms. The Morgan fingerprint density at radius 1 is 1.37 bits per heavy atom. The van der Waals surface area contributed by atoms with Crippen molar-refractivity contribution < 1.29 is 14.0 Å². The van der Waals surface area contributed by atoms with Crippen molar-refractivity contribution in [2.24, 2.45) is 0 Å². The van der Waals surface area contributed by atoms with E-state index in [1.165, 1.54) is 22.8 Å². The average Bonchev–Trinajstić information content (AvgIpc) is 2.36. The van der Waals surface area contributed by atoms with Crippen LogP contribution >= 0.6 is 0 Å². The number of amides is 2. The van der Waals surface area contributed by atoms with Gasteiger partial charge in [-0.25, -0.2) is 4.39 Å². The minimum atomic E-state index is -0.504. The molecule has 2 amide bonds. The number of anilines is 1. The highest BCUT2D eigenvalue weighted by Gasteiger charge is 2.33. The monoisotopic (exact) mass is 264 g/mol. The Kier molecular flexibility index (Phi) is 3.55. The van der Waals surface area contributed by atoms with E-state index in [1.54, 1.807) is 26.0 Å². The first-order valence-electron chi connectivity index (χ1n) is 6.26. The normalized spacial score (nSPS) is 19.8. The van der Waals surface area contributed by atoms with Gasteiger partial charge in [-0.1, -0.05) is 6.07 Å². The molecule has 0 radical (unpaired) electrons. The quantitative estimate of drug-likeness (QED) is 0.775. The number of nitrogens with zero attached hydrogens (tertiary/aromatic N) is 2. The van der Waals surface area contributed by atoms with Gasteiger partial charge in [0.05, 0.1) is 0 Å². The average molecular weight is 264 g/mol. The summed E-state index contributed by atoms with van der Waals surface area (Å²) in [5.74, 6) is -0.618. The van der Waals surface area contributed by atoms with Gasteiger partial charge in [0, 0.05) is 25.7 Å². The maximum absolute atomic E-state index is 13.6. The number of benzene rings is 1. The fourth-order valence-corrected chi connectivity index (χ4v) is 2.31. The minimum Gasteiger partial charge on any atom is -0.329 e. The number of halogens is 1. The highest BCUT2D eigenvalue weighted by Crippen LogP contribution is 2.22. The lowest BCUT2D eigenvalue weighted by molar-refractivity contribution is -0.139. The van der Waals surface area contributed by atoms with E-state index in [4.69, 9.17) is 0 Å². The number of rotatable bonds is 1. The molecule has 0 bridgehead atoms. The second-order valence-electron chi connectivity index (χ2n) is 4.81. The summed E-state index contributed by atoms with van der Waals surface area (Å²) < 4.78 is 13.6. The standard InChI is InChI=1S/C14H17FN2O2/c1-9-4-5-12(8-13(9)15)17-7-6-16(11(3)18)10(2)14(17)19/h4-5,8,10H,6-7H2,1-3H3. The zero-order valence-electron chi connectivity index (χ0n) is 11.3. The van der Waals surface area contributed by atoms with Gasteiger partial charge < -0.3 is 9.80 Å². The van der Waals surface area contributed by atoms with E-state index < -0.39 is 6.04 Å². The number of hydrogen-bond acceptors (Lipinski definition) is 2. The second-order valence-corrected chi connectivity index (χ2v) is 4.81. The van der Waals surface area contributed by atoms with Gasteiger partial charge in [-0.3, -0.25) is 9.59 Å². The summed E-state index contributed by atoms with van der Waals surface area (Å²) in [6.45, 7) is 5.69. The van der Waals surface area contributed by atoms with Gasteiger partial charge in [-0.15, -0.1) is 0 Å². The van der Waals surface area contributed by atoms with E-state index in [1.807, 2.05) is 0 Å². The van der Waals surface area contributed by atoms with Crippen molar-refractivity contribution in [2.45, 2.75) is 26.8 Å². The maximum Gasteiger partial charge on any atom is 0.249 e. The lowest BCUT2D eigenvalue weighted by Gasteiger charge is -2.38. The second kappa shape index (κ2) is 4.99. The van der Waals surface area contributed by atoms with Crippen molar-refractivity contribution in [2.75, 3.05) is 18.0 Å². The van der Waals surface area contributed by atoms with Crippen molar-refractivity contribution in [1.29, 1.82) is 0 Å². The summed E-state index contributed by atoms with van der Waals surface area (Å²) in [5, 5.41) is 0. The molecule has 19 heavy (non-hydrogen) atoms. The SMILES string of the molecule is CC(=O)N1CCN(c2ccc(C)c(F)c2)C(=O)C1C. The van der Waals surface area contributed by atoms with Crippen LogP contribution in [0, 0.1) is 12.7 Å². The van der Waals surface area contributed by atoms with Crippen molar-refractivity contribution in [3.8, 4) is 0 Å². The first kappa shape index (κ1) is 13.5. The molecule has 1 aliphatic heterocycles. The molecule has 0 saturated carbocycles. The Bertz CT molecular complexity index is 530. The fourth-order valence-electron chi connectivity index (χ4n) is 2.31. The Morgan fingerprint density at radius 2 is 2.05 bits per heavy atom. The van der Waals surface area contributed by atoms with Gasteiger partial charge in [-0.2, -0.15) is 0 Å². The number of carbonyl (C=O) groups is 2. The predicted molar refractivity (Wildman–Crippen MR) is 70.3 cm³/mol.